The second kappa shape index (κ2) is 6.96. The van der Waals surface area contributed by atoms with Gasteiger partial charge in [0, 0.05) is 16.3 Å². The van der Waals surface area contributed by atoms with Crippen LogP contribution in [0.5, 0.6) is 0 Å². The maximum absolute atomic E-state index is 13.4. The Morgan fingerprint density at radius 2 is 1.95 bits per heavy atom. The van der Waals surface area contributed by atoms with Crippen molar-refractivity contribution in [2.24, 2.45) is 0 Å². The molecule has 0 aromatic heterocycles. The Bertz CT molecular complexity index is 590. The number of esters is 1. The Morgan fingerprint density at radius 3 is 2.70 bits per heavy atom. The van der Waals surface area contributed by atoms with E-state index in [9.17, 15) is 9.18 Å². The molecule has 2 aromatic carbocycles. The maximum Gasteiger partial charge on any atom is 0.341 e. The third-order valence-corrected chi connectivity index (χ3v) is 3.52. The highest BCUT2D eigenvalue weighted by molar-refractivity contribution is 7.99. The SMILES string of the molecule is Nc1ccc(F)c(C(=O)OCCSc2ccccc2)c1. The van der Waals surface area contributed by atoms with Gasteiger partial charge in [0.25, 0.3) is 0 Å². The van der Waals surface area contributed by atoms with Crippen LogP contribution in [0.4, 0.5) is 10.1 Å². The Hall–Kier alpha value is -2.01. The third-order valence-electron chi connectivity index (χ3n) is 2.54. The fourth-order valence-corrected chi connectivity index (χ4v) is 2.34. The molecule has 0 amide bonds. The van der Waals surface area contributed by atoms with Gasteiger partial charge in [0.1, 0.15) is 12.4 Å². The van der Waals surface area contributed by atoms with E-state index in [4.69, 9.17) is 10.5 Å². The summed E-state index contributed by atoms with van der Waals surface area (Å²) in [6.45, 7) is 0.215. The molecule has 0 atom stereocenters. The number of halogens is 1. The summed E-state index contributed by atoms with van der Waals surface area (Å²) in [5.74, 6) is -0.706. The first-order valence-electron chi connectivity index (χ1n) is 6.07. The summed E-state index contributed by atoms with van der Waals surface area (Å²) in [6.07, 6.45) is 0. The first-order valence-corrected chi connectivity index (χ1v) is 7.05. The number of hydrogen-bond acceptors (Lipinski definition) is 4. The monoisotopic (exact) mass is 291 g/mol. The molecule has 0 spiro atoms. The van der Waals surface area contributed by atoms with Gasteiger partial charge in [-0.05, 0) is 30.3 Å². The molecule has 0 fully saturated rings. The van der Waals surface area contributed by atoms with E-state index >= 15 is 0 Å². The molecule has 2 rings (SSSR count). The smallest absolute Gasteiger partial charge is 0.341 e. The molecule has 20 heavy (non-hydrogen) atoms. The van der Waals surface area contributed by atoms with Gasteiger partial charge in [0.2, 0.25) is 0 Å². The van der Waals surface area contributed by atoms with Crippen LogP contribution in [0.15, 0.2) is 53.4 Å². The lowest BCUT2D eigenvalue weighted by atomic mass is 10.2. The standard InChI is InChI=1S/C15H14FNO2S/c16-14-7-6-11(17)10-13(14)15(18)19-8-9-20-12-4-2-1-3-5-12/h1-7,10H,8-9,17H2. The number of ether oxygens (including phenoxy) is 1. The number of thioether (sulfide) groups is 1. The van der Waals surface area contributed by atoms with E-state index in [2.05, 4.69) is 0 Å². The number of hydrogen-bond donors (Lipinski definition) is 1. The second-order valence-corrected chi connectivity index (χ2v) is 5.21. The largest absolute Gasteiger partial charge is 0.461 e. The maximum atomic E-state index is 13.4. The van der Waals surface area contributed by atoms with Crippen LogP contribution in [0, 0.1) is 5.82 Å². The van der Waals surface area contributed by atoms with Crippen molar-refractivity contribution in [3.05, 3.63) is 59.9 Å². The lowest BCUT2D eigenvalue weighted by Crippen LogP contribution is -2.10. The molecule has 0 unspecified atom stereocenters. The predicted molar refractivity (Wildman–Crippen MR) is 78.3 cm³/mol. The third kappa shape index (κ3) is 3.99. The van der Waals surface area contributed by atoms with Crippen molar-refractivity contribution in [1.29, 1.82) is 0 Å². The molecule has 0 bridgehead atoms. The van der Waals surface area contributed by atoms with Crippen LogP contribution in [-0.4, -0.2) is 18.3 Å². The number of carbonyl (C=O) groups is 1. The fraction of sp³-hybridized carbons (Fsp3) is 0.133. The molecule has 0 aliphatic rings. The molecule has 104 valence electrons. The van der Waals surface area contributed by atoms with Crippen molar-refractivity contribution in [2.75, 3.05) is 18.1 Å². The summed E-state index contributed by atoms with van der Waals surface area (Å²) in [5, 5.41) is 0. The van der Waals surface area contributed by atoms with Gasteiger partial charge >= 0.3 is 5.97 Å². The molecular weight excluding hydrogens is 277 g/mol. The van der Waals surface area contributed by atoms with E-state index in [1.165, 1.54) is 12.1 Å². The van der Waals surface area contributed by atoms with Crippen molar-refractivity contribution < 1.29 is 13.9 Å². The first-order chi connectivity index (χ1) is 9.66. The zero-order chi connectivity index (χ0) is 14.4. The van der Waals surface area contributed by atoms with Crippen LogP contribution in [0.25, 0.3) is 0 Å². The van der Waals surface area contributed by atoms with Gasteiger partial charge in [-0.15, -0.1) is 11.8 Å². The number of nitrogens with two attached hydrogens (primary N) is 1. The van der Waals surface area contributed by atoms with Crippen molar-refractivity contribution in [3.8, 4) is 0 Å². The van der Waals surface area contributed by atoms with Crippen molar-refractivity contribution in [1.82, 2.24) is 0 Å². The molecule has 0 saturated carbocycles. The quantitative estimate of drug-likeness (QED) is 0.397. The van der Waals surface area contributed by atoms with Crippen LogP contribution < -0.4 is 5.73 Å². The summed E-state index contributed by atoms with van der Waals surface area (Å²) in [4.78, 5) is 12.8. The Morgan fingerprint density at radius 1 is 1.20 bits per heavy atom. The minimum Gasteiger partial charge on any atom is -0.461 e. The molecule has 0 aliphatic carbocycles. The second-order valence-electron chi connectivity index (χ2n) is 4.04. The van der Waals surface area contributed by atoms with Crippen molar-refractivity contribution >= 4 is 23.4 Å². The van der Waals surface area contributed by atoms with Gasteiger partial charge in [-0.3, -0.25) is 0 Å². The van der Waals surface area contributed by atoms with E-state index in [-0.39, 0.29) is 12.2 Å². The molecule has 3 nitrogen and oxygen atoms in total. The van der Waals surface area contributed by atoms with Gasteiger partial charge in [-0.25, -0.2) is 9.18 Å². The van der Waals surface area contributed by atoms with Crippen LogP contribution in [-0.2, 0) is 4.74 Å². The van der Waals surface area contributed by atoms with E-state index in [1.807, 2.05) is 30.3 Å². The summed E-state index contributed by atoms with van der Waals surface area (Å²) in [6, 6.07) is 13.6. The normalized spacial score (nSPS) is 10.2. The molecule has 5 heteroatoms. The van der Waals surface area contributed by atoms with E-state index in [1.54, 1.807) is 11.8 Å². The molecule has 0 radical (unpaired) electrons. The van der Waals surface area contributed by atoms with Gasteiger partial charge in [0.05, 0.1) is 5.56 Å². The summed E-state index contributed by atoms with van der Waals surface area (Å²) in [7, 11) is 0. The topological polar surface area (TPSA) is 52.3 Å². The highest BCUT2D eigenvalue weighted by atomic mass is 32.2. The average molecular weight is 291 g/mol. The van der Waals surface area contributed by atoms with Crippen LogP contribution in [0.2, 0.25) is 0 Å². The Balaban J connectivity index is 1.82. The minimum absolute atomic E-state index is 0.130. The zero-order valence-corrected chi connectivity index (χ0v) is 11.5. The first kappa shape index (κ1) is 14.4. The summed E-state index contributed by atoms with van der Waals surface area (Å²) in [5.41, 5.74) is 5.72. The fourth-order valence-electron chi connectivity index (χ4n) is 1.59. The highest BCUT2D eigenvalue weighted by Crippen LogP contribution is 2.17. The van der Waals surface area contributed by atoms with Crippen molar-refractivity contribution in [2.45, 2.75) is 4.90 Å². The van der Waals surface area contributed by atoms with Gasteiger partial charge in [-0.2, -0.15) is 0 Å². The zero-order valence-electron chi connectivity index (χ0n) is 10.7. The lowest BCUT2D eigenvalue weighted by Gasteiger charge is -2.06. The molecular formula is C15H14FNO2S. The Labute approximate surface area is 120 Å². The lowest BCUT2D eigenvalue weighted by molar-refractivity contribution is 0.0525. The predicted octanol–water partition coefficient (Wildman–Crippen LogP) is 3.36. The molecule has 0 saturated heterocycles. The van der Waals surface area contributed by atoms with Crippen LogP contribution in [0.1, 0.15) is 10.4 Å². The molecule has 2 aromatic rings. The van der Waals surface area contributed by atoms with E-state index in [0.29, 0.717) is 11.4 Å². The number of anilines is 1. The number of benzene rings is 2. The molecule has 0 heterocycles. The number of nitrogen functional groups attached to an aromatic ring is 1. The van der Waals surface area contributed by atoms with Crippen molar-refractivity contribution in [3.63, 3.8) is 0 Å². The van der Waals surface area contributed by atoms with E-state index < -0.39 is 11.8 Å². The van der Waals surface area contributed by atoms with Gasteiger partial charge < -0.3 is 10.5 Å². The molecule has 0 aliphatic heterocycles. The Kier molecular flexibility index (Phi) is 5.01. The average Bonchev–Trinajstić information content (AvgIpc) is 2.47. The number of rotatable bonds is 5. The minimum atomic E-state index is -0.691. The van der Waals surface area contributed by atoms with E-state index in [0.717, 1.165) is 11.0 Å². The highest BCUT2D eigenvalue weighted by Gasteiger charge is 2.13. The molecule has 2 N–H and O–H groups in total. The van der Waals surface area contributed by atoms with Crippen LogP contribution >= 0.6 is 11.8 Å². The summed E-state index contributed by atoms with van der Waals surface area (Å²) >= 11 is 1.57. The van der Waals surface area contributed by atoms with Gasteiger partial charge in [0.15, 0.2) is 0 Å². The summed E-state index contributed by atoms with van der Waals surface area (Å²) < 4.78 is 18.5. The van der Waals surface area contributed by atoms with Crippen LogP contribution in [0.3, 0.4) is 0 Å². The van der Waals surface area contributed by atoms with Gasteiger partial charge in [-0.1, -0.05) is 18.2 Å². The number of carbonyl (C=O) groups excluding carboxylic acids is 1.